The van der Waals surface area contributed by atoms with Gasteiger partial charge < -0.3 is 4.90 Å². The molecule has 0 unspecified atom stereocenters. The Balaban J connectivity index is 2.65. The summed E-state index contributed by atoms with van der Waals surface area (Å²) in [6.45, 7) is 3.38. The molecule has 5 heteroatoms. The Morgan fingerprint density at radius 3 is 2.50 bits per heavy atom. The second kappa shape index (κ2) is 2.96. The molecule has 1 aromatic rings. The molecule has 4 nitrogen and oxygen atoms in total. The number of hydrogen-bond donors (Lipinski definition) is 1. The SMILES string of the molecule is Cc1cccc(N2CC2)c1S(=O)(=O)O. The van der Waals surface area contributed by atoms with Crippen molar-refractivity contribution in [3.8, 4) is 0 Å². The largest absolute Gasteiger partial charge is 0.367 e. The van der Waals surface area contributed by atoms with Crippen LogP contribution in [0.5, 0.6) is 0 Å². The summed E-state index contributed by atoms with van der Waals surface area (Å²) in [7, 11) is -4.11. The highest BCUT2D eigenvalue weighted by atomic mass is 32.2. The Kier molecular flexibility index (Phi) is 2.01. The van der Waals surface area contributed by atoms with Crippen molar-refractivity contribution < 1.29 is 13.0 Å². The molecule has 1 aromatic carbocycles. The van der Waals surface area contributed by atoms with Crippen molar-refractivity contribution >= 4 is 15.8 Å². The molecule has 0 spiro atoms. The predicted molar refractivity (Wildman–Crippen MR) is 53.2 cm³/mol. The molecule has 1 N–H and O–H groups in total. The lowest BCUT2D eigenvalue weighted by atomic mass is 10.2. The number of nitrogens with zero attached hydrogens (tertiary/aromatic N) is 1. The summed E-state index contributed by atoms with van der Waals surface area (Å²) < 4.78 is 31.3. The summed E-state index contributed by atoms with van der Waals surface area (Å²) in [6, 6.07) is 5.18. The van der Waals surface area contributed by atoms with E-state index in [-0.39, 0.29) is 4.90 Å². The van der Waals surface area contributed by atoms with E-state index in [9.17, 15) is 8.42 Å². The number of hydrogen-bond acceptors (Lipinski definition) is 3. The lowest BCUT2D eigenvalue weighted by Crippen LogP contribution is -2.06. The van der Waals surface area contributed by atoms with Crippen LogP contribution in [0, 0.1) is 6.92 Å². The molecule has 0 saturated carbocycles. The summed E-state index contributed by atoms with van der Waals surface area (Å²) in [5.74, 6) is 0. The van der Waals surface area contributed by atoms with Crippen LogP contribution in [0.15, 0.2) is 23.1 Å². The fraction of sp³-hybridized carbons (Fsp3) is 0.333. The van der Waals surface area contributed by atoms with Gasteiger partial charge >= 0.3 is 0 Å². The van der Waals surface area contributed by atoms with Gasteiger partial charge in [-0.05, 0) is 18.6 Å². The van der Waals surface area contributed by atoms with E-state index in [1.54, 1.807) is 25.1 Å². The Morgan fingerprint density at radius 2 is 2.00 bits per heavy atom. The third-order valence-electron chi connectivity index (χ3n) is 2.24. The van der Waals surface area contributed by atoms with Crippen LogP contribution >= 0.6 is 0 Å². The van der Waals surface area contributed by atoms with Crippen LogP contribution < -0.4 is 4.90 Å². The van der Waals surface area contributed by atoms with Crippen LogP contribution in [0.2, 0.25) is 0 Å². The van der Waals surface area contributed by atoms with E-state index in [1.165, 1.54) is 0 Å². The summed E-state index contributed by atoms with van der Waals surface area (Å²) >= 11 is 0. The maximum atomic E-state index is 11.1. The lowest BCUT2D eigenvalue weighted by molar-refractivity contribution is 0.483. The van der Waals surface area contributed by atoms with E-state index in [0.717, 1.165) is 13.1 Å². The number of aryl methyl sites for hydroxylation is 1. The number of anilines is 1. The zero-order valence-corrected chi connectivity index (χ0v) is 8.58. The molecule has 0 bridgehead atoms. The Labute approximate surface area is 82.9 Å². The molecule has 1 aliphatic rings. The maximum absolute atomic E-state index is 11.1. The minimum Gasteiger partial charge on any atom is -0.367 e. The highest BCUT2D eigenvalue weighted by Crippen LogP contribution is 2.31. The van der Waals surface area contributed by atoms with E-state index >= 15 is 0 Å². The molecule has 76 valence electrons. The highest BCUT2D eigenvalue weighted by Gasteiger charge is 2.27. The molecule has 1 aliphatic heterocycles. The first-order chi connectivity index (χ1) is 6.50. The van der Waals surface area contributed by atoms with E-state index in [0.29, 0.717) is 11.3 Å². The van der Waals surface area contributed by atoms with Gasteiger partial charge in [-0.25, -0.2) is 0 Å². The fourth-order valence-corrected chi connectivity index (χ4v) is 2.45. The molecule has 1 saturated heterocycles. The van der Waals surface area contributed by atoms with Gasteiger partial charge in [-0.3, -0.25) is 4.55 Å². The summed E-state index contributed by atoms with van der Waals surface area (Å²) in [5, 5.41) is 0. The van der Waals surface area contributed by atoms with Gasteiger partial charge in [-0.2, -0.15) is 8.42 Å². The summed E-state index contributed by atoms with van der Waals surface area (Å²) in [5.41, 5.74) is 1.18. The van der Waals surface area contributed by atoms with Crippen LogP contribution in [0.3, 0.4) is 0 Å². The van der Waals surface area contributed by atoms with Gasteiger partial charge in [-0.15, -0.1) is 0 Å². The van der Waals surface area contributed by atoms with Crippen molar-refractivity contribution in [3.63, 3.8) is 0 Å². The van der Waals surface area contributed by atoms with Gasteiger partial charge in [0.05, 0.1) is 5.69 Å². The van der Waals surface area contributed by atoms with Crippen molar-refractivity contribution in [2.45, 2.75) is 11.8 Å². The molecule has 1 heterocycles. The topological polar surface area (TPSA) is 57.4 Å². The Morgan fingerprint density at radius 1 is 1.36 bits per heavy atom. The molecule has 0 aromatic heterocycles. The molecular weight excluding hydrogens is 202 g/mol. The first-order valence-corrected chi connectivity index (χ1v) is 5.76. The first-order valence-electron chi connectivity index (χ1n) is 4.32. The molecule has 0 atom stereocenters. The van der Waals surface area contributed by atoms with E-state index < -0.39 is 10.1 Å². The summed E-state index contributed by atoms with van der Waals surface area (Å²) in [6.07, 6.45) is 0. The van der Waals surface area contributed by atoms with Crippen LogP contribution in [-0.2, 0) is 10.1 Å². The predicted octanol–water partition coefficient (Wildman–Crippen LogP) is 1.06. The van der Waals surface area contributed by atoms with Crippen LogP contribution in [0.1, 0.15) is 5.56 Å². The van der Waals surface area contributed by atoms with Crippen molar-refractivity contribution in [3.05, 3.63) is 23.8 Å². The lowest BCUT2D eigenvalue weighted by Gasteiger charge is -2.10. The van der Waals surface area contributed by atoms with Crippen molar-refractivity contribution in [1.82, 2.24) is 0 Å². The highest BCUT2D eigenvalue weighted by molar-refractivity contribution is 7.86. The van der Waals surface area contributed by atoms with Crippen molar-refractivity contribution in [2.75, 3.05) is 18.0 Å². The quantitative estimate of drug-likeness (QED) is 0.589. The van der Waals surface area contributed by atoms with Crippen LogP contribution in [0.25, 0.3) is 0 Å². The van der Waals surface area contributed by atoms with Crippen LogP contribution in [-0.4, -0.2) is 26.1 Å². The van der Waals surface area contributed by atoms with Crippen molar-refractivity contribution in [1.29, 1.82) is 0 Å². The Bertz CT molecular complexity index is 463. The van der Waals surface area contributed by atoms with Gasteiger partial charge in [0.15, 0.2) is 0 Å². The zero-order valence-electron chi connectivity index (χ0n) is 7.77. The molecule has 0 amide bonds. The smallest absolute Gasteiger partial charge is 0.296 e. The van der Waals surface area contributed by atoms with Gasteiger partial charge in [-0.1, -0.05) is 12.1 Å². The number of benzene rings is 1. The second-order valence-electron chi connectivity index (χ2n) is 3.39. The van der Waals surface area contributed by atoms with Gasteiger partial charge in [0.2, 0.25) is 0 Å². The number of rotatable bonds is 2. The third-order valence-corrected chi connectivity index (χ3v) is 3.28. The average Bonchev–Trinajstić information content (AvgIpc) is 2.83. The monoisotopic (exact) mass is 213 g/mol. The minimum absolute atomic E-state index is 0.0394. The molecule has 1 fully saturated rings. The van der Waals surface area contributed by atoms with E-state index in [1.807, 2.05) is 4.90 Å². The molecule has 14 heavy (non-hydrogen) atoms. The van der Waals surface area contributed by atoms with Gasteiger partial charge in [0, 0.05) is 13.1 Å². The molecule has 2 rings (SSSR count). The fourth-order valence-electron chi connectivity index (χ4n) is 1.51. The van der Waals surface area contributed by atoms with E-state index in [4.69, 9.17) is 4.55 Å². The van der Waals surface area contributed by atoms with Gasteiger partial charge in [0.1, 0.15) is 4.90 Å². The first kappa shape index (κ1) is 9.48. The Hall–Kier alpha value is -1.07. The second-order valence-corrected chi connectivity index (χ2v) is 4.74. The maximum Gasteiger partial charge on any atom is 0.296 e. The zero-order chi connectivity index (χ0) is 10.3. The minimum atomic E-state index is -4.11. The molecule has 0 radical (unpaired) electrons. The standard InChI is InChI=1S/C9H11NO3S/c1-7-3-2-4-8(10-5-6-10)9(7)14(11,12)13/h2-4H,5-6H2,1H3,(H,11,12,13). The van der Waals surface area contributed by atoms with Crippen molar-refractivity contribution in [2.24, 2.45) is 0 Å². The van der Waals surface area contributed by atoms with Gasteiger partial charge in [0.25, 0.3) is 10.1 Å². The van der Waals surface area contributed by atoms with Crippen LogP contribution in [0.4, 0.5) is 5.69 Å². The third kappa shape index (κ3) is 1.60. The average molecular weight is 213 g/mol. The molecule has 0 aliphatic carbocycles. The molecular formula is C9H11NO3S. The van der Waals surface area contributed by atoms with E-state index in [2.05, 4.69) is 0 Å². The summed E-state index contributed by atoms with van der Waals surface area (Å²) in [4.78, 5) is 1.94. The normalized spacial score (nSPS) is 15.7.